The molecule has 0 bridgehead atoms. The van der Waals surface area contributed by atoms with Crippen LogP contribution in [-0.2, 0) is 0 Å². The van der Waals surface area contributed by atoms with E-state index in [0.717, 1.165) is 0 Å². The molecule has 0 unspecified atom stereocenters. The molecule has 0 heterocycles. The van der Waals surface area contributed by atoms with Crippen molar-refractivity contribution in [3.8, 4) is 11.8 Å². The van der Waals surface area contributed by atoms with Crippen molar-refractivity contribution in [3.05, 3.63) is 76.8 Å². The van der Waals surface area contributed by atoms with Gasteiger partial charge in [0.15, 0.2) is 11.6 Å². The lowest BCUT2D eigenvalue weighted by molar-refractivity contribution is 0.0983. The Kier molecular flexibility index (Phi) is 7.63. The Bertz CT molecular complexity index is 768. The van der Waals surface area contributed by atoms with E-state index >= 15 is 0 Å². The van der Waals surface area contributed by atoms with Gasteiger partial charge in [-0.15, -0.1) is 0 Å². The number of nitriles is 1. The maximum atomic E-state index is 13.8. The molecular weight excluding hydrogens is 331 g/mol. The van der Waals surface area contributed by atoms with E-state index in [0.29, 0.717) is 11.3 Å². The summed E-state index contributed by atoms with van der Waals surface area (Å²) in [6.45, 7) is 3.49. The monoisotopic (exact) mass is 346 g/mol. The van der Waals surface area contributed by atoms with Crippen molar-refractivity contribution in [2.24, 2.45) is 0 Å². The SMILES string of the molecule is C=C(Oc1ccc(C#N)cc1)C(=O)c1cccc(Cl)c1F.CNC. The molecule has 2 aromatic rings. The van der Waals surface area contributed by atoms with Gasteiger partial charge in [-0.3, -0.25) is 4.79 Å². The summed E-state index contributed by atoms with van der Waals surface area (Å²) >= 11 is 5.63. The van der Waals surface area contributed by atoms with Crippen LogP contribution in [0.4, 0.5) is 4.39 Å². The molecule has 0 saturated carbocycles. The maximum absolute atomic E-state index is 13.8. The Morgan fingerprint density at radius 2 is 1.83 bits per heavy atom. The molecule has 0 radical (unpaired) electrons. The molecule has 1 N–H and O–H groups in total. The topological polar surface area (TPSA) is 62.1 Å². The highest BCUT2D eigenvalue weighted by Gasteiger charge is 2.18. The number of carbonyl (C=O) groups is 1. The highest BCUT2D eigenvalue weighted by Crippen LogP contribution is 2.22. The van der Waals surface area contributed by atoms with Crippen LogP contribution in [0.2, 0.25) is 5.02 Å². The first-order valence-corrected chi connectivity index (χ1v) is 7.26. The van der Waals surface area contributed by atoms with Crippen molar-refractivity contribution in [2.75, 3.05) is 14.1 Å². The number of hydrogen-bond acceptors (Lipinski definition) is 4. The number of ketones is 1. The summed E-state index contributed by atoms with van der Waals surface area (Å²) in [5.74, 6) is -1.41. The molecular formula is C18H16ClFN2O2. The number of carbonyl (C=O) groups excluding carboxylic acids is 1. The average molecular weight is 347 g/mol. The lowest BCUT2D eigenvalue weighted by Crippen LogP contribution is -2.10. The van der Waals surface area contributed by atoms with Crippen LogP contribution < -0.4 is 10.1 Å². The summed E-state index contributed by atoms with van der Waals surface area (Å²) in [5, 5.41) is 11.3. The molecule has 6 heteroatoms. The zero-order valence-electron chi connectivity index (χ0n) is 13.3. The van der Waals surface area contributed by atoms with Crippen LogP contribution in [0.3, 0.4) is 0 Å². The summed E-state index contributed by atoms with van der Waals surface area (Å²) in [6, 6.07) is 12.2. The number of benzene rings is 2. The lowest BCUT2D eigenvalue weighted by atomic mass is 10.1. The largest absolute Gasteiger partial charge is 0.454 e. The molecule has 0 aromatic heterocycles. The number of nitrogens with zero attached hydrogens (tertiary/aromatic N) is 1. The molecule has 0 amide bonds. The Morgan fingerprint density at radius 1 is 1.25 bits per heavy atom. The standard InChI is InChI=1S/C16H9ClFNO2.C2H7N/c1-10(21-12-7-5-11(9-19)6-8-12)16(20)13-3-2-4-14(17)15(13)18;1-3-2/h2-8H,1H2;3H,1-2H3. The number of Topliss-reactive ketones (excluding diaryl/α,β-unsaturated/α-hetero) is 1. The third-order valence-electron chi connectivity index (χ3n) is 2.67. The third-order valence-corrected chi connectivity index (χ3v) is 2.97. The Labute approximate surface area is 145 Å². The minimum absolute atomic E-state index is 0.146. The fourth-order valence-corrected chi connectivity index (χ4v) is 1.79. The lowest BCUT2D eigenvalue weighted by Gasteiger charge is -2.09. The van der Waals surface area contributed by atoms with E-state index in [-0.39, 0.29) is 16.3 Å². The molecule has 24 heavy (non-hydrogen) atoms. The van der Waals surface area contributed by atoms with Crippen LogP contribution in [0, 0.1) is 17.1 Å². The van der Waals surface area contributed by atoms with Crippen molar-refractivity contribution >= 4 is 17.4 Å². The second-order valence-electron chi connectivity index (χ2n) is 4.59. The molecule has 0 aliphatic heterocycles. The summed E-state index contributed by atoms with van der Waals surface area (Å²) in [4.78, 5) is 12.1. The predicted molar refractivity (Wildman–Crippen MR) is 91.6 cm³/mol. The number of rotatable bonds is 4. The van der Waals surface area contributed by atoms with E-state index in [1.807, 2.05) is 20.2 Å². The molecule has 2 rings (SSSR count). The third kappa shape index (κ3) is 5.20. The van der Waals surface area contributed by atoms with Gasteiger partial charge in [-0.05, 0) is 50.5 Å². The van der Waals surface area contributed by atoms with E-state index < -0.39 is 11.6 Å². The highest BCUT2D eigenvalue weighted by atomic mass is 35.5. The fraction of sp³-hybridized carbons (Fsp3) is 0.111. The van der Waals surface area contributed by atoms with Gasteiger partial charge in [-0.1, -0.05) is 24.2 Å². The zero-order valence-corrected chi connectivity index (χ0v) is 14.0. The van der Waals surface area contributed by atoms with Gasteiger partial charge in [-0.2, -0.15) is 5.26 Å². The number of hydrogen-bond donors (Lipinski definition) is 1. The van der Waals surface area contributed by atoms with Crippen molar-refractivity contribution in [1.29, 1.82) is 5.26 Å². The van der Waals surface area contributed by atoms with Gasteiger partial charge < -0.3 is 10.1 Å². The van der Waals surface area contributed by atoms with Crippen LogP contribution in [0.15, 0.2) is 54.8 Å². The van der Waals surface area contributed by atoms with E-state index in [9.17, 15) is 9.18 Å². The zero-order chi connectivity index (χ0) is 18.1. The first kappa shape index (κ1) is 19.4. The number of halogens is 2. The van der Waals surface area contributed by atoms with Gasteiger partial charge in [0, 0.05) is 0 Å². The molecule has 0 aliphatic rings. The molecule has 0 saturated heterocycles. The minimum atomic E-state index is -0.811. The second kappa shape index (κ2) is 9.46. The summed E-state index contributed by atoms with van der Waals surface area (Å²) in [5.41, 5.74) is 0.251. The quantitative estimate of drug-likeness (QED) is 0.517. The number of allylic oxidation sites excluding steroid dienone is 1. The van der Waals surface area contributed by atoms with E-state index in [1.165, 1.54) is 42.5 Å². The van der Waals surface area contributed by atoms with E-state index in [2.05, 4.69) is 11.9 Å². The van der Waals surface area contributed by atoms with Gasteiger partial charge in [0.05, 0.1) is 22.2 Å². The van der Waals surface area contributed by atoms with Crippen LogP contribution in [-0.4, -0.2) is 19.9 Å². The maximum Gasteiger partial charge on any atom is 0.230 e. The minimum Gasteiger partial charge on any atom is -0.454 e. The van der Waals surface area contributed by atoms with Crippen LogP contribution in [0.25, 0.3) is 0 Å². The normalized spacial score (nSPS) is 9.29. The molecule has 0 atom stereocenters. The van der Waals surface area contributed by atoms with E-state index in [4.69, 9.17) is 21.6 Å². The molecule has 0 fully saturated rings. The predicted octanol–water partition coefficient (Wildman–Crippen LogP) is 3.96. The molecule has 0 spiro atoms. The van der Waals surface area contributed by atoms with Crippen LogP contribution in [0.1, 0.15) is 15.9 Å². The first-order valence-electron chi connectivity index (χ1n) is 6.88. The van der Waals surface area contributed by atoms with Crippen LogP contribution in [0.5, 0.6) is 5.75 Å². The highest BCUT2D eigenvalue weighted by molar-refractivity contribution is 6.31. The van der Waals surface area contributed by atoms with Crippen molar-refractivity contribution < 1.29 is 13.9 Å². The number of ether oxygens (including phenoxy) is 1. The molecule has 124 valence electrons. The summed E-state index contributed by atoms with van der Waals surface area (Å²) in [6.07, 6.45) is 0. The van der Waals surface area contributed by atoms with Crippen molar-refractivity contribution in [2.45, 2.75) is 0 Å². The van der Waals surface area contributed by atoms with Gasteiger partial charge >= 0.3 is 0 Å². The summed E-state index contributed by atoms with van der Waals surface area (Å²) in [7, 11) is 3.75. The van der Waals surface area contributed by atoms with Gasteiger partial charge in [0.25, 0.3) is 0 Å². The Hall–Kier alpha value is -2.68. The van der Waals surface area contributed by atoms with Crippen molar-refractivity contribution in [1.82, 2.24) is 5.32 Å². The van der Waals surface area contributed by atoms with Crippen LogP contribution >= 0.6 is 11.6 Å². The fourth-order valence-electron chi connectivity index (χ4n) is 1.62. The molecule has 0 aliphatic carbocycles. The van der Waals surface area contributed by atoms with Gasteiger partial charge in [-0.25, -0.2) is 4.39 Å². The first-order chi connectivity index (χ1) is 11.4. The summed E-state index contributed by atoms with van der Waals surface area (Å²) < 4.78 is 19.0. The Morgan fingerprint density at radius 3 is 2.38 bits per heavy atom. The molecule has 2 aromatic carbocycles. The van der Waals surface area contributed by atoms with E-state index in [1.54, 1.807) is 0 Å². The van der Waals surface area contributed by atoms with Gasteiger partial charge in [0.2, 0.25) is 5.78 Å². The number of nitrogens with one attached hydrogen (secondary N) is 1. The van der Waals surface area contributed by atoms with Crippen molar-refractivity contribution in [3.63, 3.8) is 0 Å². The second-order valence-corrected chi connectivity index (χ2v) is 5.00. The smallest absolute Gasteiger partial charge is 0.230 e. The average Bonchev–Trinajstić information content (AvgIpc) is 2.58. The van der Waals surface area contributed by atoms with Gasteiger partial charge in [0.1, 0.15) is 5.75 Å². The Balaban J connectivity index is 0.000000891. The molecule has 4 nitrogen and oxygen atoms in total.